The number of carbonyl (C=O) groups is 4. The molecule has 0 radical (unpaired) electrons. The van der Waals surface area contributed by atoms with Crippen molar-refractivity contribution < 1.29 is 23.9 Å². The van der Waals surface area contributed by atoms with Gasteiger partial charge in [0.25, 0.3) is 11.8 Å². The lowest BCUT2D eigenvalue weighted by molar-refractivity contribution is -0.148. The number of para-hydroxylation sites is 1. The average Bonchev–Trinajstić information content (AvgIpc) is 2.76. The zero-order chi connectivity index (χ0) is 22.6. The van der Waals surface area contributed by atoms with E-state index in [2.05, 4.69) is 5.32 Å². The van der Waals surface area contributed by atoms with E-state index in [1.807, 2.05) is 0 Å². The quantitative estimate of drug-likeness (QED) is 0.406. The zero-order valence-electron chi connectivity index (χ0n) is 16.9. The van der Waals surface area contributed by atoms with Gasteiger partial charge < -0.3 is 20.7 Å². The number of halogens is 1. The predicted octanol–water partition coefficient (Wildman–Crippen LogP) is 2.30. The number of ether oxygens (including phenoxy) is 1. The van der Waals surface area contributed by atoms with E-state index in [0.717, 1.165) is 0 Å². The van der Waals surface area contributed by atoms with Crippen LogP contribution in [0.4, 0.5) is 5.69 Å². The third-order valence-electron chi connectivity index (χ3n) is 4.26. The van der Waals surface area contributed by atoms with Crippen LogP contribution in [0.25, 0.3) is 0 Å². The molecule has 0 aromatic heterocycles. The maximum absolute atomic E-state index is 12.5. The number of esters is 1. The van der Waals surface area contributed by atoms with Crippen molar-refractivity contribution in [1.82, 2.24) is 5.32 Å². The third-order valence-corrected chi connectivity index (χ3v) is 4.51. The maximum Gasteiger partial charge on any atom is 0.306 e. The second-order valence-electron chi connectivity index (χ2n) is 6.62. The zero-order valence-corrected chi connectivity index (χ0v) is 17.6. The van der Waals surface area contributed by atoms with Gasteiger partial charge in [0.05, 0.1) is 0 Å². The van der Waals surface area contributed by atoms with E-state index in [4.69, 9.17) is 22.1 Å². The summed E-state index contributed by atoms with van der Waals surface area (Å²) < 4.78 is 5.04. The van der Waals surface area contributed by atoms with Crippen LogP contribution in [0.2, 0.25) is 5.02 Å². The van der Waals surface area contributed by atoms with E-state index in [0.29, 0.717) is 22.7 Å². The molecule has 164 valence electrons. The molecule has 0 aliphatic carbocycles. The summed E-state index contributed by atoms with van der Waals surface area (Å²) in [5.74, 6) is -1.83. The Morgan fingerprint density at radius 1 is 0.968 bits per heavy atom. The van der Waals surface area contributed by atoms with Crippen molar-refractivity contribution in [1.29, 1.82) is 0 Å². The fraction of sp³-hybridized carbons (Fsp3) is 0.273. The molecule has 31 heavy (non-hydrogen) atoms. The summed E-state index contributed by atoms with van der Waals surface area (Å²) in [6.07, 6.45) is 0.388. The molecule has 9 heteroatoms. The lowest BCUT2D eigenvalue weighted by Gasteiger charge is -2.22. The fourth-order valence-corrected chi connectivity index (χ4v) is 2.78. The molecule has 0 bridgehead atoms. The smallest absolute Gasteiger partial charge is 0.306 e. The SMILES string of the molecule is NC(=O)CCN(C(=O)COC(=O)CCCNC(=O)c1ccc(Cl)cc1)c1ccccc1. The lowest BCUT2D eigenvalue weighted by Crippen LogP contribution is -2.37. The molecule has 0 atom stereocenters. The molecule has 3 amide bonds. The summed E-state index contributed by atoms with van der Waals surface area (Å²) in [6, 6.07) is 15.2. The summed E-state index contributed by atoms with van der Waals surface area (Å²) in [5.41, 5.74) is 6.22. The third kappa shape index (κ3) is 8.47. The molecule has 0 aliphatic rings. The second-order valence-corrected chi connectivity index (χ2v) is 7.06. The summed E-state index contributed by atoms with van der Waals surface area (Å²) in [7, 11) is 0. The molecule has 8 nitrogen and oxygen atoms in total. The Labute approximate surface area is 185 Å². The monoisotopic (exact) mass is 445 g/mol. The van der Waals surface area contributed by atoms with Crippen molar-refractivity contribution >= 4 is 41.0 Å². The topological polar surface area (TPSA) is 119 Å². The van der Waals surface area contributed by atoms with Crippen LogP contribution in [0.5, 0.6) is 0 Å². The minimum Gasteiger partial charge on any atom is -0.456 e. The highest BCUT2D eigenvalue weighted by Crippen LogP contribution is 2.14. The Kier molecular flexibility index (Phi) is 9.51. The van der Waals surface area contributed by atoms with Crippen LogP contribution in [0.15, 0.2) is 54.6 Å². The first-order chi connectivity index (χ1) is 14.9. The summed E-state index contributed by atoms with van der Waals surface area (Å²) >= 11 is 5.78. The fourth-order valence-electron chi connectivity index (χ4n) is 2.66. The van der Waals surface area contributed by atoms with Gasteiger partial charge in [-0.05, 0) is 42.8 Å². The Morgan fingerprint density at radius 2 is 1.65 bits per heavy atom. The van der Waals surface area contributed by atoms with Gasteiger partial charge in [-0.1, -0.05) is 29.8 Å². The van der Waals surface area contributed by atoms with Crippen molar-refractivity contribution in [3.8, 4) is 0 Å². The number of rotatable bonds is 11. The minimum absolute atomic E-state index is 0.0120. The van der Waals surface area contributed by atoms with Gasteiger partial charge in [-0.15, -0.1) is 0 Å². The highest BCUT2D eigenvalue weighted by atomic mass is 35.5. The Morgan fingerprint density at radius 3 is 2.29 bits per heavy atom. The number of hydrogen-bond acceptors (Lipinski definition) is 5. The van der Waals surface area contributed by atoms with E-state index in [1.165, 1.54) is 4.90 Å². The minimum atomic E-state index is -0.558. The molecular weight excluding hydrogens is 422 g/mol. The molecule has 0 heterocycles. The van der Waals surface area contributed by atoms with E-state index < -0.39 is 24.4 Å². The number of nitrogens with one attached hydrogen (secondary N) is 1. The normalized spacial score (nSPS) is 10.2. The Hall–Kier alpha value is -3.39. The van der Waals surface area contributed by atoms with Crippen molar-refractivity contribution in [2.45, 2.75) is 19.3 Å². The van der Waals surface area contributed by atoms with Gasteiger partial charge in [-0.2, -0.15) is 0 Å². The predicted molar refractivity (Wildman–Crippen MR) is 117 cm³/mol. The van der Waals surface area contributed by atoms with Gasteiger partial charge in [0.2, 0.25) is 5.91 Å². The van der Waals surface area contributed by atoms with Crippen LogP contribution in [-0.4, -0.2) is 43.4 Å². The Bertz CT molecular complexity index is 903. The van der Waals surface area contributed by atoms with Crippen LogP contribution in [0.3, 0.4) is 0 Å². The van der Waals surface area contributed by atoms with E-state index in [-0.39, 0.29) is 31.8 Å². The number of nitrogens with two attached hydrogens (primary N) is 1. The Balaban J connectivity index is 1.74. The maximum atomic E-state index is 12.5. The molecular formula is C22H24ClN3O5. The number of anilines is 1. The van der Waals surface area contributed by atoms with Gasteiger partial charge in [-0.3, -0.25) is 19.2 Å². The van der Waals surface area contributed by atoms with Crippen molar-refractivity contribution in [2.24, 2.45) is 5.73 Å². The first-order valence-electron chi connectivity index (χ1n) is 9.70. The van der Waals surface area contributed by atoms with Crippen molar-refractivity contribution in [3.63, 3.8) is 0 Å². The summed E-state index contributed by atoms with van der Waals surface area (Å²) in [6.45, 7) is -0.0880. The number of amides is 3. The number of primary amides is 1. The molecule has 0 unspecified atom stereocenters. The van der Waals surface area contributed by atoms with Gasteiger partial charge in [0.1, 0.15) is 0 Å². The molecule has 2 aromatic carbocycles. The highest BCUT2D eigenvalue weighted by Gasteiger charge is 2.18. The molecule has 3 N–H and O–H groups in total. The highest BCUT2D eigenvalue weighted by molar-refractivity contribution is 6.30. The number of benzene rings is 2. The van der Waals surface area contributed by atoms with Crippen molar-refractivity contribution in [3.05, 3.63) is 65.2 Å². The molecule has 0 saturated heterocycles. The molecule has 0 aliphatic heterocycles. The molecule has 0 fully saturated rings. The first kappa shape index (κ1) is 23.9. The van der Waals surface area contributed by atoms with Crippen LogP contribution < -0.4 is 16.0 Å². The van der Waals surface area contributed by atoms with Gasteiger partial charge in [0.15, 0.2) is 6.61 Å². The molecule has 2 rings (SSSR count). The second kappa shape index (κ2) is 12.3. The average molecular weight is 446 g/mol. The van der Waals surface area contributed by atoms with Gasteiger partial charge in [-0.25, -0.2) is 0 Å². The van der Waals surface area contributed by atoms with E-state index >= 15 is 0 Å². The van der Waals surface area contributed by atoms with Crippen LogP contribution >= 0.6 is 11.6 Å². The van der Waals surface area contributed by atoms with E-state index in [1.54, 1.807) is 54.6 Å². The first-order valence-corrected chi connectivity index (χ1v) is 10.1. The molecule has 0 spiro atoms. The molecule has 2 aromatic rings. The van der Waals surface area contributed by atoms with Gasteiger partial charge >= 0.3 is 5.97 Å². The lowest BCUT2D eigenvalue weighted by atomic mass is 10.2. The van der Waals surface area contributed by atoms with Crippen LogP contribution in [0.1, 0.15) is 29.6 Å². The standard InChI is InChI=1S/C22H24ClN3O5/c23-17-10-8-16(9-11-17)22(30)25-13-4-7-21(29)31-15-20(28)26(14-12-19(24)27)18-5-2-1-3-6-18/h1-3,5-6,8-11H,4,7,12-15H2,(H2,24,27)(H,25,30). The van der Waals surface area contributed by atoms with Crippen LogP contribution in [0, 0.1) is 0 Å². The van der Waals surface area contributed by atoms with Crippen LogP contribution in [-0.2, 0) is 19.1 Å². The molecule has 0 saturated carbocycles. The number of hydrogen-bond donors (Lipinski definition) is 2. The largest absolute Gasteiger partial charge is 0.456 e. The van der Waals surface area contributed by atoms with E-state index in [9.17, 15) is 19.2 Å². The summed E-state index contributed by atoms with van der Waals surface area (Å²) in [5, 5.41) is 3.23. The number of nitrogens with zero attached hydrogens (tertiary/aromatic N) is 1. The number of carbonyl (C=O) groups excluding carboxylic acids is 4. The van der Waals surface area contributed by atoms with Gasteiger partial charge in [0, 0.05) is 42.2 Å². The van der Waals surface area contributed by atoms with Crippen molar-refractivity contribution in [2.75, 3.05) is 24.6 Å². The summed E-state index contributed by atoms with van der Waals surface area (Å²) in [4.78, 5) is 48.8.